The minimum atomic E-state index is 0.678. The van der Waals surface area contributed by atoms with E-state index in [1.165, 1.54) is 0 Å². The van der Waals surface area contributed by atoms with Crippen molar-refractivity contribution in [2.75, 3.05) is 12.5 Å². The molecule has 0 aromatic rings. The SMILES string of the molecule is C/C=C/OCCCCl. The lowest BCUT2D eigenvalue weighted by molar-refractivity contribution is 0.250. The second-order valence-corrected chi connectivity index (χ2v) is 1.76. The van der Waals surface area contributed by atoms with Gasteiger partial charge >= 0.3 is 0 Å². The van der Waals surface area contributed by atoms with Crippen molar-refractivity contribution in [3.8, 4) is 0 Å². The summed E-state index contributed by atoms with van der Waals surface area (Å²) in [7, 11) is 0. The molecule has 0 spiro atoms. The van der Waals surface area contributed by atoms with Crippen molar-refractivity contribution in [3.63, 3.8) is 0 Å². The van der Waals surface area contributed by atoms with Crippen LogP contribution < -0.4 is 0 Å². The van der Waals surface area contributed by atoms with Crippen LogP contribution in [0.25, 0.3) is 0 Å². The zero-order valence-corrected chi connectivity index (χ0v) is 5.82. The van der Waals surface area contributed by atoms with Crippen molar-refractivity contribution in [2.45, 2.75) is 13.3 Å². The Bertz CT molecular complexity index is 61.5. The molecule has 0 aliphatic rings. The van der Waals surface area contributed by atoms with Gasteiger partial charge in [0.25, 0.3) is 0 Å². The smallest absolute Gasteiger partial charge is 0.0884 e. The molecule has 0 rings (SSSR count). The zero-order chi connectivity index (χ0) is 6.24. The number of halogens is 1. The molecule has 2 heteroatoms. The third kappa shape index (κ3) is 5.83. The van der Waals surface area contributed by atoms with E-state index in [9.17, 15) is 0 Å². The topological polar surface area (TPSA) is 9.23 Å². The number of alkyl halides is 1. The molecular weight excluding hydrogens is 124 g/mol. The first-order chi connectivity index (χ1) is 3.91. The zero-order valence-electron chi connectivity index (χ0n) is 5.06. The lowest BCUT2D eigenvalue weighted by atomic mass is 10.5. The van der Waals surface area contributed by atoms with Crippen LogP contribution >= 0.6 is 11.6 Å². The van der Waals surface area contributed by atoms with Gasteiger partial charge in [-0.25, -0.2) is 0 Å². The largest absolute Gasteiger partial charge is 0.501 e. The average Bonchev–Trinajstić information content (AvgIpc) is 1.81. The Balaban J connectivity index is 2.72. The molecule has 0 bridgehead atoms. The van der Waals surface area contributed by atoms with Crippen LogP contribution in [0.2, 0.25) is 0 Å². The highest BCUT2D eigenvalue weighted by Gasteiger charge is 1.78. The maximum absolute atomic E-state index is 5.38. The minimum absolute atomic E-state index is 0.678. The summed E-state index contributed by atoms with van der Waals surface area (Å²) in [5, 5.41) is 0. The van der Waals surface area contributed by atoms with Crippen LogP contribution in [0.15, 0.2) is 12.3 Å². The molecule has 0 unspecified atom stereocenters. The lowest BCUT2D eigenvalue weighted by Crippen LogP contribution is -1.86. The second kappa shape index (κ2) is 6.83. The van der Waals surface area contributed by atoms with Crippen molar-refractivity contribution in [3.05, 3.63) is 12.3 Å². The van der Waals surface area contributed by atoms with Gasteiger partial charge in [-0.15, -0.1) is 11.6 Å². The molecule has 0 aromatic carbocycles. The fraction of sp³-hybridized carbons (Fsp3) is 0.667. The van der Waals surface area contributed by atoms with E-state index in [1.807, 2.05) is 13.0 Å². The molecule has 0 amide bonds. The van der Waals surface area contributed by atoms with Crippen LogP contribution in [-0.4, -0.2) is 12.5 Å². The molecular formula is C6H11ClO. The molecule has 8 heavy (non-hydrogen) atoms. The normalized spacial score (nSPS) is 10.2. The van der Waals surface area contributed by atoms with Gasteiger partial charge in [0.05, 0.1) is 12.9 Å². The number of allylic oxidation sites excluding steroid dienone is 1. The van der Waals surface area contributed by atoms with E-state index in [1.54, 1.807) is 6.26 Å². The number of ether oxygens (including phenoxy) is 1. The molecule has 0 aliphatic carbocycles. The molecule has 0 heterocycles. The summed E-state index contributed by atoms with van der Waals surface area (Å²) in [6.07, 6.45) is 4.45. The Morgan fingerprint density at radius 3 is 2.88 bits per heavy atom. The molecule has 1 nitrogen and oxygen atoms in total. The van der Waals surface area contributed by atoms with Crippen LogP contribution in [0.5, 0.6) is 0 Å². The summed E-state index contributed by atoms with van der Waals surface area (Å²) >= 11 is 5.38. The Kier molecular flexibility index (Phi) is 6.68. The van der Waals surface area contributed by atoms with Crippen LogP contribution in [0.3, 0.4) is 0 Å². The molecule has 0 aliphatic heterocycles. The summed E-state index contributed by atoms with van der Waals surface area (Å²) in [5.41, 5.74) is 0. The maximum Gasteiger partial charge on any atom is 0.0884 e. The van der Waals surface area contributed by atoms with Crippen LogP contribution in [0, 0.1) is 0 Å². The van der Waals surface area contributed by atoms with Gasteiger partial charge in [-0.05, 0) is 13.3 Å². The Labute approximate surface area is 55.3 Å². The van der Waals surface area contributed by atoms with E-state index >= 15 is 0 Å². The fourth-order valence-electron chi connectivity index (χ4n) is 0.302. The van der Waals surface area contributed by atoms with Crippen molar-refractivity contribution in [1.29, 1.82) is 0 Å². The highest BCUT2D eigenvalue weighted by atomic mass is 35.5. The summed E-state index contributed by atoms with van der Waals surface area (Å²) in [6, 6.07) is 0. The quantitative estimate of drug-likeness (QED) is 0.325. The molecule has 0 atom stereocenters. The molecule has 48 valence electrons. The van der Waals surface area contributed by atoms with Gasteiger partial charge in [0.1, 0.15) is 0 Å². The van der Waals surface area contributed by atoms with Gasteiger partial charge in [0.15, 0.2) is 0 Å². The van der Waals surface area contributed by atoms with Gasteiger partial charge in [-0.2, -0.15) is 0 Å². The first-order valence-electron chi connectivity index (χ1n) is 2.70. The molecule has 0 aromatic heterocycles. The Hall–Kier alpha value is -0.170. The Morgan fingerprint density at radius 2 is 2.38 bits per heavy atom. The summed E-state index contributed by atoms with van der Waals surface area (Å²) < 4.78 is 4.96. The predicted molar refractivity (Wildman–Crippen MR) is 36.1 cm³/mol. The van der Waals surface area contributed by atoms with Gasteiger partial charge in [-0.1, -0.05) is 6.08 Å². The van der Waals surface area contributed by atoms with Gasteiger partial charge in [0.2, 0.25) is 0 Å². The van der Waals surface area contributed by atoms with Crippen LogP contribution in [0.4, 0.5) is 0 Å². The van der Waals surface area contributed by atoms with E-state index in [4.69, 9.17) is 16.3 Å². The van der Waals surface area contributed by atoms with E-state index in [-0.39, 0.29) is 0 Å². The second-order valence-electron chi connectivity index (χ2n) is 1.38. The maximum atomic E-state index is 5.38. The lowest BCUT2D eigenvalue weighted by Gasteiger charge is -1.94. The van der Waals surface area contributed by atoms with Gasteiger partial charge < -0.3 is 4.74 Å². The third-order valence-corrected chi connectivity index (χ3v) is 0.895. The van der Waals surface area contributed by atoms with Crippen molar-refractivity contribution in [2.24, 2.45) is 0 Å². The number of hydrogen-bond donors (Lipinski definition) is 0. The molecule has 0 N–H and O–H groups in total. The molecule has 0 saturated heterocycles. The van der Waals surface area contributed by atoms with E-state index in [2.05, 4.69) is 0 Å². The first kappa shape index (κ1) is 7.83. The minimum Gasteiger partial charge on any atom is -0.501 e. The Morgan fingerprint density at radius 1 is 1.62 bits per heavy atom. The number of rotatable bonds is 4. The number of hydrogen-bond acceptors (Lipinski definition) is 1. The van der Waals surface area contributed by atoms with E-state index < -0.39 is 0 Å². The predicted octanol–water partition coefficient (Wildman–Crippen LogP) is 2.17. The first-order valence-corrected chi connectivity index (χ1v) is 3.24. The fourth-order valence-corrected chi connectivity index (χ4v) is 0.411. The average molecular weight is 135 g/mol. The van der Waals surface area contributed by atoms with Gasteiger partial charge in [0, 0.05) is 5.88 Å². The van der Waals surface area contributed by atoms with Crippen LogP contribution in [0.1, 0.15) is 13.3 Å². The van der Waals surface area contributed by atoms with E-state index in [0.717, 1.165) is 13.0 Å². The molecule has 0 saturated carbocycles. The highest BCUT2D eigenvalue weighted by molar-refractivity contribution is 6.17. The van der Waals surface area contributed by atoms with Crippen molar-refractivity contribution in [1.82, 2.24) is 0 Å². The molecule has 0 fully saturated rings. The van der Waals surface area contributed by atoms with E-state index in [0.29, 0.717) is 5.88 Å². The summed E-state index contributed by atoms with van der Waals surface area (Å²) in [6.45, 7) is 2.65. The standard InChI is InChI=1S/C6H11ClO/c1-2-5-8-6-3-4-7/h2,5H,3-4,6H2,1H3/b5-2+. The monoisotopic (exact) mass is 134 g/mol. The summed E-state index contributed by atoms with van der Waals surface area (Å²) in [5.74, 6) is 0.678. The highest BCUT2D eigenvalue weighted by Crippen LogP contribution is 1.85. The van der Waals surface area contributed by atoms with Crippen molar-refractivity contribution >= 4 is 11.6 Å². The third-order valence-electron chi connectivity index (χ3n) is 0.628. The van der Waals surface area contributed by atoms with Crippen molar-refractivity contribution < 1.29 is 4.74 Å². The van der Waals surface area contributed by atoms with Gasteiger partial charge in [-0.3, -0.25) is 0 Å². The van der Waals surface area contributed by atoms with Crippen LogP contribution in [-0.2, 0) is 4.74 Å². The molecule has 0 radical (unpaired) electrons. The summed E-state index contributed by atoms with van der Waals surface area (Å²) in [4.78, 5) is 0.